The molecule has 2 rings (SSSR count). The lowest BCUT2D eigenvalue weighted by Gasteiger charge is -2.10. The normalized spacial score (nSPS) is 10.3. The number of hydrogen-bond acceptors (Lipinski definition) is 3. The summed E-state index contributed by atoms with van der Waals surface area (Å²) in [6.45, 7) is 1.62. The van der Waals surface area contributed by atoms with Gasteiger partial charge >= 0.3 is 5.97 Å². The van der Waals surface area contributed by atoms with Gasteiger partial charge < -0.3 is 10.4 Å². The van der Waals surface area contributed by atoms with Crippen LogP contribution in [0.4, 0.5) is 15.9 Å². The molecule has 0 unspecified atom stereocenters. The number of benzene rings is 1. The number of aromatic carboxylic acids is 1. The molecule has 2 aromatic rings. The van der Waals surface area contributed by atoms with Crippen molar-refractivity contribution in [3.8, 4) is 0 Å². The van der Waals surface area contributed by atoms with Crippen molar-refractivity contribution >= 4 is 29.1 Å². The summed E-state index contributed by atoms with van der Waals surface area (Å²) < 4.78 is 13.4. The van der Waals surface area contributed by atoms with Crippen LogP contribution in [0.15, 0.2) is 30.5 Å². The summed E-state index contributed by atoms with van der Waals surface area (Å²) in [6, 6.07) is 5.88. The van der Waals surface area contributed by atoms with Gasteiger partial charge in [0.15, 0.2) is 0 Å². The highest BCUT2D eigenvalue weighted by Gasteiger charge is 2.10. The topological polar surface area (TPSA) is 62.2 Å². The Balaban J connectivity index is 2.34. The van der Waals surface area contributed by atoms with Crippen LogP contribution in [0.5, 0.6) is 0 Å². The van der Waals surface area contributed by atoms with Crippen molar-refractivity contribution in [1.29, 1.82) is 0 Å². The molecule has 6 heteroatoms. The van der Waals surface area contributed by atoms with E-state index in [2.05, 4.69) is 10.3 Å². The number of nitrogens with one attached hydrogen (secondary N) is 1. The van der Waals surface area contributed by atoms with Crippen LogP contribution in [0.3, 0.4) is 0 Å². The van der Waals surface area contributed by atoms with E-state index in [0.717, 1.165) is 0 Å². The standard InChI is InChI=1S/C13H10ClFN2O2/c1-7-10(15)3-2-4-11(7)17-12-9(14)5-8(6-16-12)13(18)19/h2-6H,1H3,(H,16,17)(H,18,19). The number of pyridine rings is 1. The van der Waals surface area contributed by atoms with Crippen molar-refractivity contribution in [2.45, 2.75) is 6.92 Å². The minimum Gasteiger partial charge on any atom is -0.478 e. The molecule has 0 saturated heterocycles. The van der Waals surface area contributed by atoms with Crippen LogP contribution in [0.1, 0.15) is 15.9 Å². The lowest BCUT2D eigenvalue weighted by molar-refractivity contribution is 0.0696. The molecule has 2 N–H and O–H groups in total. The first-order valence-corrected chi connectivity index (χ1v) is 5.78. The molecule has 1 aromatic carbocycles. The van der Waals surface area contributed by atoms with E-state index >= 15 is 0 Å². The van der Waals surface area contributed by atoms with Gasteiger partial charge in [0, 0.05) is 17.4 Å². The van der Waals surface area contributed by atoms with Gasteiger partial charge in [0.1, 0.15) is 11.6 Å². The van der Waals surface area contributed by atoms with Gasteiger partial charge in [-0.15, -0.1) is 0 Å². The molecule has 0 aliphatic heterocycles. The van der Waals surface area contributed by atoms with E-state index in [1.54, 1.807) is 19.1 Å². The smallest absolute Gasteiger partial charge is 0.337 e. The second-order valence-electron chi connectivity index (χ2n) is 3.90. The maximum absolute atomic E-state index is 13.4. The number of rotatable bonds is 3. The summed E-state index contributed by atoms with van der Waals surface area (Å²) in [5.41, 5.74) is 0.951. The molecule has 98 valence electrons. The summed E-state index contributed by atoms with van der Waals surface area (Å²) in [4.78, 5) is 14.7. The van der Waals surface area contributed by atoms with Crippen molar-refractivity contribution < 1.29 is 14.3 Å². The Hall–Kier alpha value is -2.14. The van der Waals surface area contributed by atoms with Gasteiger partial charge in [-0.1, -0.05) is 17.7 Å². The highest BCUT2D eigenvalue weighted by molar-refractivity contribution is 6.33. The molecule has 19 heavy (non-hydrogen) atoms. The molecule has 0 aliphatic rings. The van der Waals surface area contributed by atoms with Gasteiger partial charge in [-0.2, -0.15) is 0 Å². The maximum atomic E-state index is 13.4. The molecule has 0 bridgehead atoms. The van der Waals surface area contributed by atoms with Crippen molar-refractivity contribution in [3.05, 3.63) is 52.4 Å². The van der Waals surface area contributed by atoms with E-state index in [1.165, 1.54) is 18.3 Å². The minimum absolute atomic E-state index is 0.00786. The van der Waals surface area contributed by atoms with Crippen molar-refractivity contribution in [2.24, 2.45) is 0 Å². The first-order chi connectivity index (χ1) is 8.99. The second kappa shape index (κ2) is 5.24. The Morgan fingerprint density at radius 2 is 2.21 bits per heavy atom. The number of anilines is 2. The first-order valence-electron chi connectivity index (χ1n) is 5.40. The van der Waals surface area contributed by atoms with E-state index < -0.39 is 5.97 Å². The van der Waals surface area contributed by atoms with Gasteiger partial charge in [0.2, 0.25) is 0 Å². The third-order valence-electron chi connectivity index (χ3n) is 2.61. The highest BCUT2D eigenvalue weighted by atomic mass is 35.5. The fourth-order valence-electron chi connectivity index (χ4n) is 1.52. The molecule has 1 heterocycles. The first kappa shape index (κ1) is 13.3. The van der Waals surface area contributed by atoms with Crippen LogP contribution < -0.4 is 5.32 Å². The van der Waals surface area contributed by atoms with E-state index in [4.69, 9.17) is 16.7 Å². The number of carboxylic acids is 1. The van der Waals surface area contributed by atoms with Crippen molar-refractivity contribution in [3.63, 3.8) is 0 Å². The highest BCUT2D eigenvalue weighted by Crippen LogP contribution is 2.26. The Morgan fingerprint density at radius 3 is 2.84 bits per heavy atom. The van der Waals surface area contributed by atoms with Crippen LogP contribution in [0, 0.1) is 12.7 Å². The summed E-state index contributed by atoms with van der Waals surface area (Å²) in [5.74, 6) is -1.17. The zero-order valence-electron chi connectivity index (χ0n) is 9.95. The molecule has 0 fully saturated rings. The predicted octanol–water partition coefficient (Wildman–Crippen LogP) is 3.62. The van der Waals surface area contributed by atoms with E-state index in [1.807, 2.05) is 0 Å². The molecule has 4 nitrogen and oxygen atoms in total. The van der Waals surface area contributed by atoms with Crippen LogP contribution in [-0.2, 0) is 0 Å². The molecule has 0 spiro atoms. The molecule has 0 aliphatic carbocycles. The zero-order chi connectivity index (χ0) is 14.0. The molecule has 0 radical (unpaired) electrons. The lowest BCUT2D eigenvalue weighted by Crippen LogP contribution is -2.01. The quantitative estimate of drug-likeness (QED) is 0.901. The number of aromatic nitrogens is 1. The zero-order valence-corrected chi connectivity index (χ0v) is 10.7. The largest absolute Gasteiger partial charge is 0.478 e. The van der Waals surface area contributed by atoms with Crippen LogP contribution in [0.25, 0.3) is 0 Å². The fourth-order valence-corrected chi connectivity index (χ4v) is 1.73. The van der Waals surface area contributed by atoms with Crippen molar-refractivity contribution in [2.75, 3.05) is 5.32 Å². The third kappa shape index (κ3) is 2.82. The Labute approximate surface area is 113 Å². The SMILES string of the molecule is Cc1c(F)cccc1Nc1ncc(C(=O)O)cc1Cl. The average Bonchev–Trinajstić information content (AvgIpc) is 2.37. The van der Waals surface area contributed by atoms with Gasteiger partial charge in [-0.05, 0) is 25.1 Å². The van der Waals surface area contributed by atoms with Gasteiger partial charge in [0.05, 0.1) is 10.6 Å². The molecular weight excluding hydrogens is 271 g/mol. The summed E-state index contributed by atoms with van der Waals surface area (Å²) in [7, 11) is 0. The number of carboxylic acid groups (broad SMARTS) is 1. The van der Waals surface area contributed by atoms with E-state index in [-0.39, 0.29) is 22.2 Å². The maximum Gasteiger partial charge on any atom is 0.337 e. The predicted molar refractivity (Wildman–Crippen MR) is 70.6 cm³/mol. The molecule has 0 saturated carbocycles. The van der Waals surface area contributed by atoms with E-state index in [9.17, 15) is 9.18 Å². The average molecular weight is 281 g/mol. The number of carbonyl (C=O) groups is 1. The summed E-state index contributed by atoms with van der Waals surface area (Å²) in [6.07, 6.45) is 1.19. The summed E-state index contributed by atoms with van der Waals surface area (Å²) >= 11 is 5.93. The number of nitrogens with zero attached hydrogens (tertiary/aromatic N) is 1. The van der Waals surface area contributed by atoms with Gasteiger partial charge in [0.25, 0.3) is 0 Å². The minimum atomic E-state index is -1.11. The fraction of sp³-hybridized carbons (Fsp3) is 0.0769. The Bertz CT molecular complexity index is 647. The Kier molecular flexibility index (Phi) is 3.66. The van der Waals surface area contributed by atoms with Crippen LogP contribution >= 0.6 is 11.6 Å². The van der Waals surface area contributed by atoms with Crippen LogP contribution in [-0.4, -0.2) is 16.1 Å². The molecule has 0 atom stereocenters. The summed E-state index contributed by atoms with van der Waals surface area (Å²) in [5, 5.41) is 11.8. The van der Waals surface area contributed by atoms with Crippen LogP contribution in [0.2, 0.25) is 5.02 Å². The molecular formula is C13H10ClFN2O2. The second-order valence-corrected chi connectivity index (χ2v) is 4.30. The monoisotopic (exact) mass is 280 g/mol. The number of halogens is 2. The molecule has 1 aromatic heterocycles. The number of hydrogen-bond donors (Lipinski definition) is 2. The lowest BCUT2D eigenvalue weighted by atomic mass is 10.2. The van der Waals surface area contributed by atoms with Gasteiger partial charge in [-0.3, -0.25) is 0 Å². The van der Waals surface area contributed by atoms with Gasteiger partial charge in [-0.25, -0.2) is 14.2 Å². The van der Waals surface area contributed by atoms with Crippen molar-refractivity contribution in [1.82, 2.24) is 4.98 Å². The van der Waals surface area contributed by atoms with E-state index in [0.29, 0.717) is 11.3 Å². The third-order valence-corrected chi connectivity index (χ3v) is 2.90. The Morgan fingerprint density at radius 1 is 1.47 bits per heavy atom. The molecule has 0 amide bonds.